The van der Waals surface area contributed by atoms with Crippen molar-refractivity contribution < 1.29 is 4.74 Å². The first-order valence-corrected chi connectivity index (χ1v) is 6.87. The summed E-state index contributed by atoms with van der Waals surface area (Å²) in [7, 11) is 0. The largest absolute Gasteiger partial charge is 0.493 e. The van der Waals surface area contributed by atoms with E-state index in [0.29, 0.717) is 0 Å². The van der Waals surface area contributed by atoms with Gasteiger partial charge in [0.05, 0.1) is 18.5 Å². The van der Waals surface area contributed by atoms with Crippen molar-refractivity contribution in [1.82, 2.24) is 0 Å². The fourth-order valence-corrected chi connectivity index (χ4v) is 1.74. The Morgan fingerprint density at radius 2 is 1.85 bits per heavy atom. The Morgan fingerprint density at radius 1 is 1.10 bits per heavy atom. The standard InChI is InChI=1S/C17H20N2O/c1-3-12-20-17-7-5-4-6-15(17)13-18-19-16-10-8-14(2)9-11-16/h4-11,13,19H,3,12H2,1-2H3/b18-13+. The van der Waals surface area contributed by atoms with Gasteiger partial charge in [-0.1, -0.05) is 36.8 Å². The zero-order valence-corrected chi connectivity index (χ0v) is 12.0. The van der Waals surface area contributed by atoms with Crippen molar-refractivity contribution in [2.75, 3.05) is 12.0 Å². The predicted octanol–water partition coefficient (Wildman–Crippen LogP) is 4.23. The number of rotatable bonds is 6. The molecular weight excluding hydrogens is 248 g/mol. The van der Waals surface area contributed by atoms with Crippen LogP contribution in [0.4, 0.5) is 5.69 Å². The van der Waals surface area contributed by atoms with Gasteiger partial charge in [0.2, 0.25) is 0 Å². The summed E-state index contributed by atoms with van der Waals surface area (Å²) in [6.07, 6.45) is 2.78. The summed E-state index contributed by atoms with van der Waals surface area (Å²) in [5.41, 5.74) is 6.20. The molecule has 0 saturated carbocycles. The number of para-hydroxylation sites is 1. The maximum atomic E-state index is 5.69. The van der Waals surface area contributed by atoms with Crippen molar-refractivity contribution in [1.29, 1.82) is 0 Å². The summed E-state index contributed by atoms with van der Waals surface area (Å²) in [6.45, 7) is 4.88. The van der Waals surface area contributed by atoms with Crippen molar-refractivity contribution >= 4 is 11.9 Å². The lowest BCUT2D eigenvalue weighted by Gasteiger charge is -2.07. The Morgan fingerprint density at radius 3 is 2.60 bits per heavy atom. The number of hydrogen-bond donors (Lipinski definition) is 1. The van der Waals surface area contributed by atoms with Crippen molar-refractivity contribution in [3.8, 4) is 5.75 Å². The van der Waals surface area contributed by atoms with Crippen LogP contribution in [0.25, 0.3) is 0 Å². The minimum absolute atomic E-state index is 0.718. The van der Waals surface area contributed by atoms with Gasteiger partial charge in [0.15, 0.2) is 0 Å². The number of nitrogens with zero attached hydrogens (tertiary/aromatic N) is 1. The van der Waals surface area contributed by atoms with Crippen LogP contribution in [-0.4, -0.2) is 12.8 Å². The number of hydrazone groups is 1. The van der Waals surface area contributed by atoms with Crippen LogP contribution >= 0.6 is 0 Å². The first kappa shape index (κ1) is 14.1. The lowest BCUT2D eigenvalue weighted by Crippen LogP contribution is -1.99. The molecule has 0 unspecified atom stereocenters. The van der Waals surface area contributed by atoms with E-state index in [2.05, 4.69) is 36.5 Å². The topological polar surface area (TPSA) is 33.6 Å². The Hall–Kier alpha value is -2.29. The third kappa shape index (κ3) is 4.12. The number of aryl methyl sites for hydroxylation is 1. The van der Waals surface area contributed by atoms with Gasteiger partial charge in [0.25, 0.3) is 0 Å². The van der Waals surface area contributed by atoms with E-state index in [4.69, 9.17) is 4.74 Å². The normalized spacial score (nSPS) is 10.7. The molecule has 0 bridgehead atoms. The van der Waals surface area contributed by atoms with Crippen LogP contribution in [0.15, 0.2) is 53.6 Å². The highest BCUT2D eigenvalue weighted by molar-refractivity contribution is 5.83. The maximum absolute atomic E-state index is 5.69. The summed E-state index contributed by atoms with van der Waals surface area (Å²) < 4.78 is 5.69. The molecule has 3 heteroatoms. The minimum atomic E-state index is 0.718. The molecule has 20 heavy (non-hydrogen) atoms. The average molecular weight is 268 g/mol. The van der Waals surface area contributed by atoms with E-state index in [9.17, 15) is 0 Å². The van der Waals surface area contributed by atoms with Crippen LogP contribution in [-0.2, 0) is 0 Å². The molecule has 1 N–H and O–H groups in total. The van der Waals surface area contributed by atoms with E-state index in [1.807, 2.05) is 36.4 Å². The van der Waals surface area contributed by atoms with Gasteiger partial charge >= 0.3 is 0 Å². The average Bonchev–Trinajstić information content (AvgIpc) is 2.48. The SMILES string of the molecule is CCCOc1ccccc1/C=N/Nc1ccc(C)cc1. The number of nitrogens with one attached hydrogen (secondary N) is 1. The highest BCUT2D eigenvalue weighted by atomic mass is 16.5. The van der Waals surface area contributed by atoms with Crippen molar-refractivity contribution in [3.05, 3.63) is 59.7 Å². The monoisotopic (exact) mass is 268 g/mol. The molecule has 2 aromatic carbocycles. The zero-order valence-electron chi connectivity index (χ0n) is 12.0. The van der Waals surface area contributed by atoms with Gasteiger partial charge in [-0.25, -0.2) is 0 Å². The highest BCUT2D eigenvalue weighted by Gasteiger charge is 1.99. The van der Waals surface area contributed by atoms with E-state index in [1.165, 1.54) is 5.56 Å². The smallest absolute Gasteiger partial charge is 0.128 e. The number of ether oxygens (including phenoxy) is 1. The van der Waals surface area contributed by atoms with Gasteiger partial charge in [0.1, 0.15) is 5.75 Å². The summed E-state index contributed by atoms with van der Waals surface area (Å²) >= 11 is 0. The Balaban J connectivity index is 2.01. The van der Waals surface area contributed by atoms with Gasteiger partial charge in [0, 0.05) is 5.56 Å². The molecule has 2 rings (SSSR count). The lowest BCUT2D eigenvalue weighted by atomic mass is 10.2. The third-order valence-corrected chi connectivity index (χ3v) is 2.83. The molecule has 0 heterocycles. The molecule has 0 aliphatic carbocycles. The lowest BCUT2D eigenvalue weighted by molar-refractivity contribution is 0.317. The molecule has 104 valence electrons. The van der Waals surface area contributed by atoms with E-state index in [1.54, 1.807) is 6.21 Å². The zero-order chi connectivity index (χ0) is 14.2. The van der Waals surface area contributed by atoms with Gasteiger partial charge in [-0.3, -0.25) is 5.43 Å². The van der Waals surface area contributed by atoms with Gasteiger partial charge in [-0.15, -0.1) is 0 Å². The van der Waals surface area contributed by atoms with Crippen molar-refractivity contribution in [2.24, 2.45) is 5.10 Å². The first-order valence-electron chi connectivity index (χ1n) is 6.87. The second kappa shape index (κ2) is 7.34. The van der Waals surface area contributed by atoms with Crippen molar-refractivity contribution in [3.63, 3.8) is 0 Å². The van der Waals surface area contributed by atoms with E-state index >= 15 is 0 Å². The molecule has 0 spiro atoms. The van der Waals surface area contributed by atoms with Crippen molar-refractivity contribution in [2.45, 2.75) is 20.3 Å². The molecule has 0 atom stereocenters. The molecule has 0 saturated heterocycles. The Bertz CT molecular complexity index is 561. The van der Waals surface area contributed by atoms with Crippen LogP contribution < -0.4 is 10.2 Å². The van der Waals surface area contributed by atoms with Crippen LogP contribution in [0.3, 0.4) is 0 Å². The fraction of sp³-hybridized carbons (Fsp3) is 0.235. The summed E-state index contributed by atoms with van der Waals surface area (Å²) in [5.74, 6) is 0.865. The highest BCUT2D eigenvalue weighted by Crippen LogP contribution is 2.16. The van der Waals surface area contributed by atoms with Crippen LogP contribution in [0.1, 0.15) is 24.5 Å². The van der Waals surface area contributed by atoms with E-state index in [-0.39, 0.29) is 0 Å². The van der Waals surface area contributed by atoms with Gasteiger partial charge in [-0.2, -0.15) is 5.10 Å². The molecule has 0 fully saturated rings. The molecule has 0 aliphatic heterocycles. The third-order valence-electron chi connectivity index (χ3n) is 2.83. The first-order chi connectivity index (χ1) is 9.79. The maximum Gasteiger partial charge on any atom is 0.128 e. The molecule has 0 aromatic heterocycles. The van der Waals surface area contributed by atoms with Crippen LogP contribution in [0.5, 0.6) is 5.75 Å². The summed E-state index contributed by atoms with van der Waals surface area (Å²) in [5, 5.41) is 4.26. The molecule has 2 aromatic rings. The van der Waals surface area contributed by atoms with E-state index < -0.39 is 0 Å². The quantitative estimate of drug-likeness (QED) is 0.628. The Kier molecular flexibility index (Phi) is 5.18. The molecule has 0 amide bonds. The second-order valence-electron chi connectivity index (χ2n) is 4.62. The van der Waals surface area contributed by atoms with Gasteiger partial charge < -0.3 is 4.74 Å². The second-order valence-corrected chi connectivity index (χ2v) is 4.62. The van der Waals surface area contributed by atoms with E-state index in [0.717, 1.165) is 30.0 Å². The molecule has 0 aliphatic rings. The van der Waals surface area contributed by atoms with Crippen LogP contribution in [0, 0.1) is 6.92 Å². The molecule has 3 nitrogen and oxygen atoms in total. The molecule has 0 radical (unpaired) electrons. The Labute approximate surface area is 120 Å². The predicted molar refractivity (Wildman–Crippen MR) is 84.6 cm³/mol. The number of benzene rings is 2. The van der Waals surface area contributed by atoms with Gasteiger partial charge in [-0.05, 0) is 37.6 Å². The number of hydrogen-bond acceptors (Lipinski definition) is 3. The fourth-order valence-electron chi connectivity index (χ4n) is 1.74. The summed E-state index contributed by atoms with van der Waals surface area (Å²) in [4.78, 5) is 0. The molecular formula is C17H20N2O. The van der Waals surface area contributed by atoms with Crippen LogP contribution in [0.2, 0.25) is 0 Å². The minimum Gasteiger partial charge on any atom is -0.493 e. The number of anilines is 1. The summed E-state index contributed by atoms with van der Waals surface area (Å²) in [6, 6.07) is 16.0.